The van der Waals surface area contributed by atoms with Crippen LogP contribution in [0.1, 0.15) is 29.0 Å². The minimum absolute atomic E-state index is 0.0854. The van der Waals surface area contributed by atoms with Crippen LogP contribution in [0.2, 0.25) is 0 Å². The average molecular weight is 399 g/mol. The molecule has 1 aliphatic rings. The molecule has 0 fully saturated rings. The first-order valence-corrected chi connectivity index (χ1v) is 8.59. The van der Waals surface area contributed by atoms with Crippen LogP contribution >= 0.6 is 15.9 Å². The molecule has 0 saturated heterocycles. The van der Waals surface area contributed by atoms with Crippen molar-refractivity contribution in [2.45, 2.75) is 13.0 Å². The molecule has 1 unspecified atom stereocenters. The Hall–Kier alpha value is -2.73. The minimum atomic E-state index is -0.322. The van der Waals surface area contributed by atoms with Gasteiger partial charge in [0.15, 0.2) is 0 Å². The molecule has 4 rings (SSSR count). The summed E-state index contributed by atoms with van der Waals surface area (Å²) in [5, 5.41) is 19.6. The van der Waals surface area contributed by atoms with Crippen molar-refractivity contribution in [1.82, 2.24) is 4.57 Å². The lowest BCUT2D eigenvalue weighted by molar-refractivity contribution is 0.0973. The van der Waals surface area contributed by atoms with Gasteiger partial charge in [0.2, 0.25) is 0 Å². The van der Waals surface area contributed by atoms with Crippen LogP contribution in [0.25, 0.3) is 5.69 Å². The summed E-state index contributed by atoms with van der Waals surface area (Å²) in [5.41, 5.74) is 2.79. The molecule has 1 atom stereocenters. The standard InChI is InChI=1S/C19H15BrN2O3/c1-11-15-3-2-8-21(15)16-7-4-12(20)9-17(16)22(11)19(25)14-6-5-13(23)10-18(14)24/h2-11,23-24H,1H3. The van der Waals surface area contributed by atoms with Gasteiger partial charge >= 0.3 is 0 Å². The van der Waals surface area contributed by atoms with Crippen molar-refractivity contribution < 1.29 is 15.0 Å². The number of aromatic hydroxyl groups is 2. The molecule has 1 aliphatic heterocycles. The van der Waals surface area contributed by atoms with Gasteiger partial charge in [-0.25, -0.2) is 0 Å². The van der Waals surface area contributed by atoms with Crippen LogP contribution in [0, 0.1) is 0 Å². The highest BCUT2D eigenvalue weighted by Gasteiger charge is 2.33. The van der Waals surface area contributed by atoms with Crippen LogP contribution in [-0.2, 0) is 0 Å². The summed E-state index contributed by atoms with van der Waals surface area (Å²) in [7, 11) is 0. The molecule has 0 aliphatic carbocycles. The van der Waals surface area contributed by atoms with Crippen LogP contribution in [0.15, 0.2) is 59.2 Å². The van der Waals surface area contributed by atoms with E-state index in [9.17, 15) is 15.0 Å². The number of aromatic nitrogens is 1. The first kappa shape index (κ1) is 15.8. The monoisotopic (exact) mass is 398 g/mol. The van der Waals surface area contributed by atoms with Gasteiger partial charge in [0, 0.05) is 22.4 Å². The average Bonchev–Trinajstić information content (AvgIpc) is 3.04. The van der Waals surface area contributed by atoms with Crippen LogP contribution in [0.3, 0.4) is 0 Å². The number of amides is 1. The topological polar surface area (TPSA) is 65.7 Å². The van der Waals surface area contributed by atoms with E-state index in [-0.39, 0.29) is 29.0 Å². The predicted octanol–water partition coefficient (Wildman–Crippen LogP) is 4.37. The van der Waals surface area contributed by atoms with Crippen molar-refractivity contribution in [2.24, 2.45) is 0 Å². The third kappa shape index (κ3) is 2.41. The maximum Gasteiger partial charge on any atom is 0.262 e. The number of rotatable bonds is 1. The molecule has 2 heterocycles. The van der Waals surface area contributed by atoms with E-state index in [4.69, 9.17) is 0 Å². The molecule has 0 radical (unpaired) electrons. The molecule has 3 aromatic rings. The van der Waals surface area contributed by atoms with Gasteiger partial charge in [0.05, 0.1) is 23.0 Å². The second-order valence-corrected chi connectivity index (χ2v) is 6.90. The zero-order valence-electron chi connectivity index (χ0n) is 13.3. The predicted molar refractivity (Wildman–Crippen MR) is 98.5 cm³/mol. The summed E-state index contributed by atoms with van der Waals surface area (Å²) in [4.78, 5) is 14.9. The molecule has 25 heavy (non-hydrogen) atoms. The number of carbonyl (C=O) groups excluding carboxylic acids is 1. The van der Waals surface area contributed by atoms with Crippen molar-refractivity contribution in [1.29, 1.82) is 0 Å². The summed E-state index contributed by atoms with van der Waals surface area (Å²) < 4.78 is 2.93. The Bertz CT molecular complexity index is 996. The number of hydrogen-bond donors (Lipinski definition) is 2. The lowest BCUT2D eigenvalue weighted by Crippen LogP contribution is -2.38. The summed E-state index contributed by atoms with van der Waals surface area (Å²) in [6.45, 7) is 1.95. The molecular formula is C19H15BrN2O3. The fraction of sp³-hybridized carbons (Fsp3) is 0.105. The van der Waals surface area contributed by atoms with Crippen LogP contribution < -0.4 is 4.90 Å². The smallest absolute Gasteiger partial charge is 0.262 e. The molecule has 6 heteroatoms. The second-order valence-electron chi connectivity index (χ2n) is 5.99. The highest BCUT2D eigenvalue weighted by molar-refractivity contribution is 9.10. The van der Waals surface area contributed by atoms with Crippen LogP contribution in [-0.4, -0.2) is 20.7 Å². The van der Waals surface area contributed by atoms with Gasteiger partial charge in [-0.2, -0.15) is 0 Å². The van der Waals surface area contributed by atoms with Gasteiger partial charge in [-0.3, -0.25) is 9.69 Å². The third-order valence-electron chi connectivity index (χ3n) is 4.48. The number of halogens is 1. The maximum absolute atomic E-state index is 13.2. The molecule has 2 N–H and O–H groups in total. The first-order valence-electron chi connectivity index (χ1n) is 7.80. The number of anilines is 1. The van der Waals surface area contributed by atoms with Gasteiger partial charge < -0.3 is 14.8 Å². The highest BCUT2D eigenvalue weighted by atomic mass is 79.9. The highest BCUT2D eigenvalue weighted by Crippen LogP contribution is 2.41. The Kier molecular flexibility index (Phi) is 3.58. The molecule has 5 nitrogen and oxygen atoms in total. The molecule has 1 aromatic heterocycles. The molecule has 126 valence electrons. The number of nitrogens with zero attached hydrogens (tertiary/aromatic N) is 2. The van der Waals surface area contributed by atoms with Crippen LogP contribution in [0.5, 0.6) is 11.5 Å². The molecule has 0 spiro atoms. The maximum atomic E-state index is 13.2. The Morgan fingerprint density at radius 3 is 2.64 bits per heavy atom. The number of phenolic OH excluding ortho intramolecular Hbond substituents is 2. The SMILES string of the molecule is CC1c2cccn2-c2ccc(Br)cc2N1C(=O)c1ccc(O)cc1O. The summed E-state index contributed by atoms with van der Waals surface area (Å²) >= 11 is 3.47. The number of carbonyl (C=O) groups is 1. The Balaban J connectivity index is 1.90. The van der Waals surface area contributed by atoms with Gasteiger partial charge in [-0.05, 0) is 49.4 Å². The first-order chi connectivity index (χ1) is 12.0. The quantitative estimate of drug-likeness (QED) is 0.639. The molecule has 0 bridgehead atoms. The van der Waals surface area contributed by atoms with Crippen LogP contribution in [0.4, 0.5) is 5.69 Å². The van der Waals surface area contributed by atoms with E-state index in [0.717, 1.165) is 21.5 Å². The van der Waals surface area contributed by atoms with Crippen molar-refractivity contribution in [3.8, 4) is 17.2 Å². The lowest BCUT2D eigenvalue weighted by Gasteiger charge is -2.36. The van der Waals surface area contributed by atoms with E-state index in [2.05, 4.69) is 20.5 Å². The van der Waals surface area contributed by atoms with E-state index in [1.54, 1.807) is 4.90 Å². The van der Waals surface area contributed by atoms with E-state index in [1.807, 2.05) is 43.5 Å². The van der Waals surface area contributed by atoms with E-state index >= 15 is 0 Å². The zero-order valence-corrected chi connectivity index (χ0v) is 14.9. The van der Waals surface area contributed by atoms with Crippen molar-refractivity contribution >= 4 is 27.5 Å². The third-order valence-corrected chi connectivity index (χ3v) is 4.98. The minimum Gasteiger partial charge on any atom is -0.508 e. The van der Waals surface area contributed by atoms with Crippen molar-refractivity contribution in [3.05, 3.63) is 70.5 Å². The van der Waals surface area contributed by atoms with Gasteiger partial charge in [0.25, 0.3) is 5.91 Å². The molecule has 2 aromatic carbocycles. The van der Waals surface area contributed by atoms with E-state index in [0.29, 0.717) is 0 Å². The van der Waals surface area contributed by atoms with E-state index in [1.165, 1.54) is 18.2 Å². The fourth-order valence-corrected chi connectivity index (χ4v) is 3.65. The lowest BCUT2D eigenvalue weighted by atomic mass is 10.0. The van der Waals surface area contributed by atoms with Gasteiger partial charge in [-0.1, -0.05) is 15.9 Å². The molecular weight excluding hydrogens is 384 g/mol. The number of fused-ring (bicyclic) bond motifs is 3. The Labute approximate surface area is 152 Å². The summed E-state index contributed by atoms with van der Waals surface area (Å²) in [5.74, 6) is -0.649. The molecule has 0 saturated carbocycles. The number of hydrogen-bond acceptors (Lipinski definition) is 3. The van der Waals surface area contributed by atoms with Gasteiger partial charge in [-0.15, -0.1) is 0 Å². The zero-order chi connectivity index (χ0) is 17.7. The van der Waals surface area contributed by atoms with Crippen molar-refractivity contribution in [3.63, 3.8) is 0 Å². The summed E-state index contributed by atoms with van der Waals surface area (Å²) in [6, 6.07) is 13.5. The second kappa shape index (κ2) is 5.67. The largest absolute Gasteiger partial charge is 0.508 e. The van der Waals surface area contributed by atoms with E-state index < -0.39 is 0 Å². The van der Waals surface area contributed by atoms with Crippen molar-refractivity contribution in [2.75, 3.05) is 4.90 Å². The summed E-state index contributed by atoms with van der Waals surface area (Å²) in [6.07, 6.45) is 1.97. The normalized spacial score (nSPS) is 15.6. The van der Waals surface area contributed by atoms with Gasteiger partial charge in [0.1, 0.15) is 11.5 Å². The number of phenols is 2. The number of benzene rings is 2. The molecule has 1 amide bonds. The Morgan fingerprint density at radius 2 is 1.88 bits per heavy atom. The Morgan fingerprint density at radius 1 is 1.08 bits per heavy atom. The fourth-order valence-electron chi connectivity index (χ4n) is 3.30.